The zero-order chi connectivity index (χ0) is 11.7. The Balaban J connectivity index is 2.01. The first kappa shape index (κ1) is 11.5. The van der Waals surface area contributed by atoms with E-state index >= 15 is 0 Å². The van der Waals surface area contributed by atoms with E-state index in [1.165, 1.54) is 11.3 Å². The average Bonchev–Trinajstić information content (AvgIpc) is 2.76. The van der Waals surface area contributed by atoms with Gasteiger partial charge in [0.25, 0.3) is 0 Å². The molecule has 0 fully saturated rings. The molecule has 1 aliphatic rings. The lowest BCUT2D eigenvalue weighted by atomic mass is 10.1. The number of anilines is 1. The van der Waals surface area contributed by atoms with Crippen molar-refractivity contribution in [3.8, 4) is 0 Å². The van der Waals surface area contributed by atoms with Crippen molar-refractivity contribution in [1.29, 1.82) is 0 Å². The van der Waals surface area contributed by atoms with Crippen LogP contribution in [0.2, 0.25) is 0 Å². The molecule has 1 atom stereocenters. The number of aromatic nitrogens is 1. The number of amides is 1. The first-order valence-corrected chi connectivity index (χ1v) is 6.44. The number of rotatable bonds is 3. The first-order valence-electron chi connectivity index (χ1n) is 5.63. The number of nitrogens with zero attached hydrogens (tertiary/aromatic N) is 1. The topological polar surface area (TPSA) is 68.0 Å². The molecule has 3 N–H and O–H groups in total. The average molecular weight is 239 g/mol. The summed E-state index contributed by atoms with van der Waals surface area (Å²) in [5.74, 6) is 0.00855. The van der Waals surface area contributed by atoms with Crippen LogP contribution in [-0.2, 0) is 17.6 Å². The van der Waals surface area contributed by atoms with E-state index in [9.17, 15) is 4.79 Å². The molecule has 0 spiro atoms. The fourth-order valence-corrected chi connectivity index (χ4v) is 2.79. The summed E-state index contributed by atoms with van der Waals surface area (Å²) in [6.07, 6.45) is 3.32. The number of nitrogens with two attached hydrogens (primary N) is 1. The van der Waals surface area contributed by atoms with Crippen molar-refractivity contribution in [2.75, 3.05) is 5.32 Å². The van der Waals surface area contributed by atoms with E-state index in [1.807, 2.05) is 13.8 Å². The zero-order valence-electron chi connectivity index (χ0n) is 9.62. The molecule has 0 aromatic carbocycles. The van der Waals surface area contributed by atoms with Gasteiger partial charge in [0.05, 0.1) is 11.7 Å². The highest BCUT2D eigenvalue weighted by atomic mass is 32.1. The van der Waals surface area contributed by atoms with Crippen LogP contribution in [0.5, 0.6) is 0 Å². The minimum Gasteiger partial charge on any atom is -0.320 e. The lowest BCUT2D eigenvalue weighted by molar-refractivity contribution is -0.118. The Morgan fingerprint density at radius 3 is 2.88 bits per heavy atom. The van der Waals surface area contributed by atoms with E-state index in [1.54, 1.807) is 11.3 Å². The summed E-state index contributed by atoms with van der Waals surface area (Å²) in [7, 11) is 0. The fraction of sp³-hybridized carbons (Fsp3) is 0.636. The Bertz CT molecular complexity index is 378. The predicted octanol–water partition coefficient (Wildman–Crippen LogP) is 1.55. The monoisotopic (exact) mass is 239 g/mol. The molecular formula is C11H17N3OS. The molecule has 0 unspecified atom stereocenters. The van der Waals surface area contributed by atoms with Gasteiger partial charge in [-0.25, -0.2) is 4.98 Å². The van der Waals surface area contributed by atoms with Crippen LogP contribution in [0.4, 0.5) is 5.13 Å². The standard InChI is InChI=1S/C11H17N3OS/c1-6(2)9(12)10(15)14-11-13-7-4-3-5-8(7)16-11/h6,9H,3-5,12H2,1-2H3,(H,13,14,15)/t9-/m1/s1. The Kier molecular flexibility index (Phi) is 3.25. The molecule has 2 rings (SSSR count). The fourth-order valence-electron chi connectivity index (χ4n) is 1.74. The minimum atomic E-state index is -0.459. The van der Waals surface area contributed by atoms with Gasteiger partial charge in [-0.3, -0.25) is 4.79 Å². The maximum atomic E-state index is 11.7. The second kappa shape index (κ2) is 4.51. The normalized spacial score (nSPS) is 16.2. The van der Waals surface area contributed by atoms with Crippen LogP contribution < -0.4 is 11.1 Å². The number of hydrogen-bond donors (Lipinski definition) is 2. The van der Waals surface area contributed by atoms with Gasteiger partial charge in [-0.05, 0) is 25.2 Å². The molecule has 1 amide bonds. The number of nitrogens with one attached hydrogen (secondary N) is 1. The van der Waals surface area contributed by atoms with Gasteiger partial charge in [0.1, 0.15) is 0 Å². The molecule has 1 heterocycles. The van der Waals surface area contributed by atoms with Crippen LogP contribution >= 0.6 is 11.3 Å². The summed E-state index contributed by atoms with van der Waals surface area (Å²) in [6.45, 7) is 3.87. The van der Waals surface area contributed by atoms with Gasteiger partial charge in [0.2, 0.25) is 5.91 Å². The third-order valence-electron chi connectivity index (χ3n) is 2.85. The van der Waals surface area contributed by atoms with Crippen molar-refractivity contribution < 1.29 is 4.79 Å². The predicted molar refractivity (Wildman–Crippen MR) is 65.6 cm³/mol. The third-order valence-corrected chi connectivity index (χ3v) is 3.92. The SMILES string of the molecule is CC(C)[C@@H](N)C(=O)Nc1nc2c(s1)CCC2. The van der Waals surface area contributed by atoms with Crippen LogP contribution in [-0.4, -0.2) is 16.9 Å². The molecule has 1 aliphatic carbocycles. The smallest absolute Gasteiger partial charge is 0.243 e. The van der Waals surface area contributed by atoms with E-state index in [-0.39, 0.29) is 11.8 Å². The minimum absolute atomic E-state index is 0.137. The highest BCUT2D eigenvalue weighted by Gasteiger charge is 2.21. The highest BCUT2D eigenvalue weighted by molar-refractivity contribution is 7.15. The van der Waals surface area contributed by atoms with Gasteiger partial charge in [0, 0.05) is 4.88 Å². The Hall–Kier alpha value is -0.940. The molecule has 0 bridgehead atoms. The molecule has 4 nitrogen and oxygen atoms in total. The Morgan fingerprint density at radius 1 is 1.50 bits per heavy atom. The summed E-state index contributed by atoms with van der Waals surface area (Å²) in [5, 5.41) is 3.50. The van der Waals surface area contributed by atoms with Gasteiger partial charge in [-0.1, -0.05) is 13.8 Å². The van der Waals surface area contributed by atoms with E-state index in [4.69, 9.17) is 5.73 Å². The molecule has 16 heavy (non-hydrogen) atoms. The van der Waals surface area contributed by atoms with Gasteiger partial charge >= 0.3 is 0 Å². The summed E-state index contributed by atoms with van der Waals surface area (Å²) < 4.78 is 0. The van der Waals surface area contributed by atoms with Gasteiger partial charge in [-0.15, -0.1) is 11.3 Å². The third kappa shape index (κ3) is 2.25. The molecule has 1 aromatic rings. The van der Waals surface area contributed by atoms with E-state index in [2.05, 4.69) is 10.3 Å². The van der Waals surface area contributed by atoms with E-state index < -0.39 is 6.04 Å². The molecule has 5 heteroatoms. The van der Waals surface area contributed by atoms with Crippen LogP contribution in [0, 0.1) is 5.92 Å². The number of thiazole rings is 1. The first-order chi connectivity index (χ1) is 7.58. The second-order valence-electron chi connectivity index (χ2n) is 4.50. The lowest BCUT2D eigenvalue weighted by Crippen LogP contribution is -2.39. The number of hydrogen-bond acceptors (Lipinski definition) is 4. The van der Waals surface area contributed by atoms with Crippen molar-refractivity contribution in [2.45, 2.75) is 39.2 Å². The van der Waals surface area contributed by atoms with Gasteiger partial charge in [-0.2, -0.15) is 0 Å². The van der Waals surface area contributed by atoms with Crippen molar-refractivity contribution in [1.82, 2.24) is 4.98 Å². The van der Waals surface area contributed by atoms with Crippen LogP contribution in [0.25, 0.3) is 0 Å². The summed E-state index contributed by atoms with van der Waals surface area (Å²) in [6, 6.07) is -0.459. The van der Waals surface area contributed by atoms with Crippen LogP contribution in [0.3, 0.4) is 0 Å². The van der Waals surface area contributed by atoms with E-state index in [0.717, 1.165) is 18.5 Å². The molecule has 0 saturated carbocycles. The number of aryl methyl sites for hydroxylation is 2. The Morgan fingerprint density at radius 2 is 2.25 bits per heavy atom. The molecular weight excluding hydrogens is 222 g/mol. The summed E-state index contributed by atoms with van der Waals surface area (Å²) in [5.41, 5.74) is 6.92. The Labute approximate surface area is 99.3 Å². The number of carbonyl (C=O) groups is 1. The zero-order valence-corrected chi connectivity index (χ0v) is 10.4. The van der Waals surface area contributed by atoms with Crippen molar-refractivity contribution in [2.24, 2.45) is 11.7 Å². The molecule has 0 saturated heterocycles. The molecule has 0 radical (unpaired) electrons. The van der Waals surface area contributed by atoms with Crippen molar-refractivity contribution in [3.05, 3.63) is 10.6 Å². The molecule has 88 valence electrons. The largest absolute Gasteiger partial charge is 0.320 e. The van der Waals surface area contributed by atoms with Crippen LogP contribution in [0.1, 0.15) is 30.8 Å². The maximum Gasteiger partial charge on any atom is 0.243 e. The van der Waals surface area contributed by atoms with E-state index in [0.29, 0.717) is 5.13 Å². The second-order valence-corrected chi connectivity index (χ2v) is 5.59. The maximum absolute atomic E-state index is 11.7. The number of carbonyl (C=O) groups excluding carboxylic acids is 1. The lowest BCUT2D eigenvalue weighted by Gasteiger charge is -2.13. The van der Waals surface area contributed by atoms with Gasteiger partial charge < -0.3 is 11.1 Å². The van der Waals surface area contributed by atoms with Gasteiger partial charge in [0.15, 0.2) is 5.13 Å². The quantitative estimate of drug-likeness (QED) is 0.841. The highest BCUT2D eigenvalue weighted by Crippen LogP contribution is 2.30. The van der Waals surface area contributed by atoms with Crippen molar-refractivity contribution in [3.63, 3.8) is 0 Å². The number of fused-ring (bicyclic) bond motifs is 1. The van der Waals surface area contributed by atoms with Crippen molar-refractivity contribution >= 4 is 22.4 Å². The molecule has 0 aliphatic heterocycles. The summed E-state index contributed by atoms with van der Waals surface area (Å²) in [4.78, 5) is 17.4. The molecule has 1 aromatic heterocycles. The van der Waals surface area contributed by atoms with Crippen LogP contribution in [0.15, 0.2) is 0 Å². The summed E-state index contributed by atoms with van der Waals surface area (Å²) >= 11 is 1.58.